The lowest BCUT2D eigenvalue weighted by Crippen LogP contribution is -2.58. The van der Waals surface area contributed by atoms with E-state index in [9.17, 15) is 9.90 Å². The Kier molecular flexibility index (Phi) is 6.20. The Morgan fingerprint density at radius 2 is 2.08 bits per heavy atom. The van der Waals surface area contributed by atoms with Gasteiger partial charge in [-0.25, -0.2) is 4.79 Å². The van der Waals surface area contributed by atoms with E-state index in [1.165, 1.54) is 12.0 Å². The van der Waals surface area contributed by atoms with E-state index in [1.54, 1.807) is 0 Å². The summed E-state index contributed by atoms with van der Waals surface area (Å²) >= 11 is 0. The maximum atomic E-state index is 12.9. The minimum atomic E-state index is -0.540. The van der Waals surface area contributed by atoms with Crippen LogP contribution in [0.2, 0.25) is 0 Å². The fourth-order valence-electron chi connectivity index (χ4n) is 4.52. The number of likely N-dealkylation sites (tertiary alicyclic amines) is 1. The molecule has 0 spiro atoms. The van der Waals surface area contributed by atoms with Crippen molar-refractivity contribution in [3.8, 4) is 0 Å². The molecule has 1 saturated carbocycles. The van der Waals surface area contributed by atoms with Crippen LogP contribution in [0.1, 0.15) is 37.7 Å². The number of rotatable bonds is 5. The summed E-state index contributed by atoms with van der Waals surface area (Å²) in [6.45, 7) is 2.14. The lowest BCUT2D eigenvalue weighted by molar-refractivity contribution is -0.0871. The highest BCUT2D eigenvalue weighted by atomic mass is 16.3. The topological polar surface area (TPSA) is 55.8 Å². The number of likely N-dealkylation sites (N-methyl/N-ethyl adjacent to an activating group) is 1. The third-order valence-corrected chi connectivity index (χ3v) is 5.95. The van der Waals surface area contributed by atoms with E-state index in [0.717, 1.165) is 32.2 Å². The molecule has 1 aromatic carbocycles. The van der Waals surface area contributed by atoms with Crippen molar-refractivity contribution in [1.82, 2.24) is 15.1 Å². The van der Waals surface area contributed by atoms with E-state index in [-0.39, 0.29) is 18.0 Å². The van der Waals surface area contributed by atoms with E-state index in [4.69, 9.17) is 0 Å². The molecule has 1 saturated heterocycles. The molecule has 1 aliphatic carbocycles. The third kappa shape index (κ3) is 4.77. The van der Waals surface area contributed by atoms with Crippen LogP contribution in [0.4, 0.5) is 4.79 Å². The molecule has 0 bridgehead atoms. The molecule has 5 heteroatoms. The monoisotopic (exact) mass is 359 g/mol. The number of hydrogen-bond donors (Lipinski definition) is 2. The van der Waals surface area contributed by atoms with Gasteiger partial charge in [0, 0.05) is 31.6 Å². The summed E-state index contributed by atoms with van der Waals surface area (Å²) in [6, 6.07) is 10.4. The molecule has 2 N–H and O–H groups in total. The van der Waals surface area contributed by atoms with E-state index >= 15 is 0 Å². The van der Waals surface area contributed by atoms with Crippen LogP contribution >= 0.6 is 0 Å². The maximum Gasteiger partial charge on any atom is 0.317 e. The molecular weight excluding hydrogens is 326 g/mol. The van der Waals surface area contributed by atoms with Gasteiger partial charge in [-0.3, -0.25) is 0 Å². The van der Waals surface area contributed by atoms with Crippen molar-refractivity contribution in [3.63, 3.8) is 0 Å². The number of nitrogens with one attached hydrogen (secondary N) is 1. The van der Waals surface area contributed by atoms with Crippen LogP contribution in [0.15, 0.2) is 30.3 Å². The molecule has 5 nitrogen and oxygen atoms in total. The van der Waals surface area contributed by atoms with Crippen LogP contribution in [-0.4, -0.2) is 66.3 Å². The average molecular weight is 360 g/mol. The lowest BCUT2D eigenvalue weighted by Gasteiger charge is -2.47. The number of urea groups is 1. The number of hydrogen-bond acceptors (Lipinski definition) is 3. The van der Waals surface area contributed by atoms with Gasteiger partial charge in [0.1, 0.15) is 0 Å². The molecule has 0 radical (unpaired) electrons. The highest BCUT2D eigenvalue weighted by molar-refractivity contribution is 5.74. The van der Waals surface area contributed by atoms with E-state index in [2.05, 4.69) is 22.3 Å². The molecule has 144 valence electrons. The molecule has 1 aliphatic heterocycles. The molecule has 26 heavy (non-hydrogen) atoms. The van der Waals surface area contributed by atoms with Gasteiger partial charge in [0.05, 0.1) is 5.60 Å². The van der Waals surface area contributed by atoms with Crippen LogP contribution in [0.3, 0.4) is 0 Å². The predicted octanol–water partition coefficient (Wildman–Crippen LogP) is 2.50. The van der Waals surface area contributed by atoms with Gasteiger partial charge in [0.15, 0.2) is 0 Å². The number of carbonyl (C=O) groups excluding carboxylic acids is 1. The minimum Gasteiger partial charge on any atom is -0.389 e. The molecule has 2 aliphatic rings. The summed E-state index contributed by atoms with van der Waals surface area (Å²) in [5, 5.41) is 14.1. The fraction of sp³-hybridized carbons (Fsp3) is 0.667. The summed E-state index contributed by atoms with van der Waals surface area (Å²) in [5.74, 6) is 0.233. The summed E-state index contributed by atoms with van der Waals surface area (Å²) in [4.78, 5) is 16.9. The minimum absolute atomic E-state index is 0.0143. The summed E-state index contributed by atoms with van der Waals surface area (Å²) in [5.41, 5.74) is 0.696. The summed E-state index contributed by atoms with van der Waals surface area (Å²) in [6.07, 6.45) is 5.74. The van der Waals surface area contributed by atoms with Gasteiger partial charge >= 0.3 is 6.03 Å². The second-order valence-corrected chi connectivity index (χ2v) is 8.34. The number of nitrogens with zero attached hydrogens (tertiary/aromatic N) is 2. The quantitative estimate of drug-likeness (QED) is 0.849. The zero-order valence-corrected chi connectivity index (χ0v) is 16.2. The zero-order valence-electron chi connectivity index (χ0n) is 16.2. The van der Waals surface area contributed by atoms with Gasteiger partial charge in [0.2, 0.25) is 0 Å². The van der Waals surface area contributed by atoms with Crippen LogP contribution in [-0.2, 0) is 6.42 Å². The first-order valence-corrected chi connectivity index (χ1v) is 9.93. The van der Waals surface area contributed by atoms with Gasteiger partial charge in [-0.1, -0.05) is 43.2 Å². The molecule has 3 atom stereocenters. The van der Waals surface area contributed by atoms with Crippen LogP contribution in [0, 0.1) is 5.92 Å². The predicted molar refractivity (Wildman–Crippen MR) is 104 cm³/mol. The van der Waals surface area contributed by atoms with Crippen molar-refractivity contribution >= 4 is 6.03 Å². The van der Waals surface area contributed by atoms with Crippen molar-refractivity contribution in [3.05, 3.63) is 35.9 Å². The first-order chi connectivity index (χ1) is 12.5. The SMILES string of the molecule is CN(C)CC(Cc1ccccc1)NC(=O)N1CCC2(O)CCCCC2C1. The van der Waals surface area contributed by atoms with E-state index in [1.807, 2.05) is 37.2 Å². The number of benzene rings is 1. The first-order valence-electron chi connectivity index (χ1n) is 9.93. The van der Waals surface area contributed by atoms with E-state index < -0.39 is 5.60 Å². The van der Waals surface area contributed by atoms with Crippen molar-refractivity contribution < 1.29 is 9.90 Å². The molecule has 2 amide bonds. The number of carbonyl (C=O) groups is 1. The Balaban J connectivity index is 1.60. The summed E-state index contributed by atoms with van der Waals surface area (Å²) in [7, 11) is 4.07. The largest absolute Gasteiger partial charge is 0.389 e. The Morgan fingerprint density at radius 1 is 1.31 bits per heavy atom. The van der Waals surface area contributed by atoms with Gasteiger partial charge < -0.3 is 20.2 Å². The molecule has 0 aromatic heterocycles. The van der Waals surface area contributed by atoms with Gasteiger partial charge in [-0.05, 0) is 45.3 Å². The lowest BCUT2D eigenvalue weighted by atomic mass is 9.71. The van der Waals surface area contributed by atoms with E-state index in [0.29, 0.717) is 19.5 Å². The van der Waals surface area contributed by atoms with Gasteiger partial charge in [0.25, 0.3) is 0 Å². The fourth-order valence-corrected chi connectivity index (χ4v) is 4.52. The van der Waals surface area contributed by atoms with Gasteiger partial charge in [-0.15, -0.1) is 0 Å². The molecular formula is C21H33N3O2. The summed E-state index contributed by atoms with van der Waals surface area (Å²) < 4.78 is 0. The Hall–Kier alpha value is -1.59. The normalized spacial score (nSPS) is 27.1. The molecule has 3 unspecified atom stereocenters. The van der Waals surface area contributed by atoms with Crippen molar-refractivity contribution in [2.24, 2.45) is 5.92 Å². The molecule has 1 heterocycles. The molecule has 1 aromatic rings. The highest BCUT2D eigenvalue weighted by Crippen LogP contribution is 2.39. The molecule has 3 rings (SSSR count). The Bertz CT molecular complexity index is 592. The van der Waals surface area contributed by atoms with Gasteiger partial charge in [-0.2, -0.15) is 0 Å². The third-order valence-electron chi connectivity index (χ3n) is 5.95. The smallest absolute Gasteiger partial charge is 0.317 e. The van der Waals surface area contributed by atoms with Crippen LogP contribution in [0.25, 0.3) is 0 Å². The second-order valence-electron chi connectivity index (χ2n) is 8.34. The van der Waals surface area contributed by atoms with Crippen molar-refractivity contribution in [1.29, 1.82) is 0 Å². The van der Waals surface area contributed by atoms with Crippen molar-refractivity contribution in [2.75, 3.05) is 33.7 Å². The first kappa shape index (κ1) is 19.2. The Morgan fingerprint density at radius 3 is 2.81 bits per heavy atom. The second kappa shape index (κ2) is 8.40. The number of aliphatic hydroxyl groups is 1. The zero-order chi connectivity index (χ0) is 18.6. The van der Waals surface area contributed by atoms with Crippen LogP contribution < -0.4 is 5.32 Å². The van der Waals surface area contributed by atoms with Crippen LogP contribution in [0.5, 0.6) is 0 Å². The van der Waals surface area contributed by atoms with Crippen molar-refractivity contribution in [2.45, 2.75) is 50.2 Å². The average Bonchev–Trinajstić information content (AvgIpc) is 2.61. The molecule has 2 fully saturated rings. The Labute approximate surface area is 157 Å². The number of fused-ring (bicyclic) bond motifs is 1. The standard InChI is InChI=1S/C21H33N3O2/c1-23(2)16-19(14-17-8-4-3-5-9-17)22-20(25)24-13-12-21(26)11-7-6-10-18(21)15-24/h3-5,8-9,18-19,26H,6-7,10-16H2,1-2H3,(H,22,25). The number of piperidine rings is 1. The maximum absolute atomic E-state index is 12.9. The highest BCUT2D eigenvalue weighted by Gasteiger charge is 2.43. The number of amides is 2.